The predicted octanol–water partition coefficient (Wildman–Crippen LogP) is 2.93. The Morgan fingerprint density at radius 2 is 2.04 bits per heavy atom. The lowest BCUT2D eigenvalue weighted by molar-refractivity contribution is -0.144. The molecule has 134 valence electrons. The molecule has 1 aromatic carbocycles. The number of amides is 1. The minimum Gasteiger partial charge on any atom is -0.496 e. The van der Waals surface area contributed by atoms with Crippen LogP contribution < -0.4 is 4.74 Å². The first-order valence-electron chi connectivity index (χ1n) is 9.13. The molecule has 2 aliphatic rings. The Balaban J connectivity index is 1.47. The first kappa shape index (κ1) is 16.5. The van der Waals surface area contributed by atoms with E-state index in [4.69, 9.17) is 4.74 Å². The van der Waals surface area contributed by atoms with Crippen molar-refractivity contribution in [3.05, 3.63) is 29.5 Å². The van der Waals surface area contributed by atoms with Gasteiger partial charge in [0, 0.05) is 54.6 Å². The van der Waals surface area contributed by atoms with Crippen molar-refractivity contribution in [1.29, 1.82) is 0 Å². The number of fused-ring (bicyclic) bond motifs is 1. The third-order valence-electron chi connectivity index (χ3n) is 6.13. The second-order valence-electron chi connectivity index (χ2n) is 7.79. The molecule has 2 fully saturated rings. The lowest BCUT2D eigenvalue weighted by atomic mass is 9.72. The van der Waals surface area contributed by atoms with E-state index in [1.807, 2.05) is 11.1 Å². The largest absolute Gasteiger partial charge is 0.496 e. The molecule has 2 aromatic rings. The van der Waals surface area contributed by atoms with Gasteiger partial charge < -0.3 is 14.6 Å². The Morgan fingerprint density at radius 3 is 2.68 bits per heavy atom. The van der Waals surface area contributed by atoms with E-state index in [0.29, 0.717) is 5.41 Å². The number of H-pyrrole nitrogens is 1. The van der Waals surface area contributed by atoms with E-state index in [1.165, 1.54) is 34.9 Å². The zero-order chi connectivity index (χ0) is 17.6. The number of methoxy groups -OCH3 is 1. The van der Waals surface area contributed by atoms with Crippen LogP contribution in [0.25, 0.3) is 10.9 Å². The van der Waals surface area contributed by atoms with Crippen LogP contribution in [-0.2, 0) is 11.3 Å². The second-order valence-corrected chi connectivity index (χ2v) is 7.79. The Bertz CT molecular complexity index is 795. The van der Waals surface area contributed by atoms with Crippen molar-refractivity contribution in [2.45, 2.75) is 33.2 Å². The number of aryl methyl sites for hydroxylation is 1. The molecule has 1 N–H and O–H groups in total. The maximum Gasteiger partial charge on any atom is 0.219 e. The number of aromatic nitrogens is 1. The molecule has 5 nitrogen and oxygen atoms in total. The van der Waals surface area contributed by atoms with Crippen LogP contribution in [0.4, 0.5) is 0 Å². The number of carbonyl (C=O) groups is 1. The number of nitrogens with zero attached hydrogens (tertiary/aromatic N) is 2. The first-order chi connectivity index (χ1) is 12.0. The van der Waals surface area contributed by atoms with Crippen LogP contribution >= 0.6 is 0 Å². The van der Waals surface area contributed by atoms with Gasteiger partial charge in [-0.05, 0) is 50.6 Å². The van der Waals surface area contributed by atoms with E-state index in [2.05, 4.69) is 28.9 Å². The molecule has 25 heavy (non-hydrogen) atoms. The lowest BCUT2D eigenvalue weighted by Gasteiger charge is -2.53. The predicted molar refractivity (Wildman–Crippen MR) is 98.8 cm³/mol. The van der Waals surface area contributed by atoms with Crippen molar-refractivity contribution in [3.8, 4) is 5.75 Å². The number of ether oxygens (including phenoxy) is 1. The summed E-state index contributed by atoms with van der Waals surface area (Å²) in [7, 11) is 1.76. The fourth-order valence-corrected chi connectivity index (χ4v) is 4.49. The molecule has 0 bridgehead atoms. The fraction of sp³-hybridized carbons (Fsp3) is 0.550. The van der Waals surface area contributed by atoms with Gasteiger partial charge in [-0.1, -0.05) is 0 Å². The summed E-state index contributed by atoms with van der Waals surface area (Å²) in [6.07, 6.45) is 4.37. The molecule has 0 atom stereocenters. The van der Waals surface area contributed by atoms with E-state index in [0.717, 1.165) is 38.5 Å². The van der Waals surface area contributed by atoms with E-state index in [1.54, 1.807) is 14.0 Å². The quantitative estimate of drug-likeness (QED) is 0.934. The number of aromatic amines is 1. The minimum absolute atomic E-state index is 0.215. The lowest BCUT2D eigenvalue weighted by Crippen LogP contribution is -2.61. The Morgan fingerprint density at radius 1 is 1.32 bits per heavy atom. The summed E-state index contributed by atoms with van der Waals surface area (Å²) >= 11 is 0. The Hall–Kier alpha value is -2.01. The Kier molecular flexibility index (Phi) is 3.99. The second kappa shape index (κ2) is 6.06. The first-order valence-corrected chi connectivity index (χ1v) is 9.13. The van der Waals surface area contributed by atoms with Gasteiger partial charge in [0.2, 0.25) is 5.91 Å². The van der Waals surface area contributed by atoms with Crippen molar-refractivity contribution in [2.24, 2.45) is 5.41 Å². The fourth-order valence-electron chi connectivity index (χ4n) is 4.49. The molecule has 5 heteroatoms. The van der Waals surface area contributed by atoms with Crippen LogP contribution in [0.5, 0.6) is 5.75 Å². The van der Waals surface area contributed by atoms with Gasteiger partial charge in [-0.2, -0.15) is 0 Å². The number of carbonyl (C=O) groups excluding carboxylic acids is 1. The minimum atomic E-state index is 0.215. The van der Waals surface area contributed by atoms with Gasteiger partial charge in [0.05, 0.1) is 7.11 Å². The number of benzene rings is 1. The van der Waals surface area contributed by atoms with E-state index >= 15 is 0 Å². The highest BCUT2D eigenvalue weighted by molar-refractivity contribution is 5.88. The van der Waals surface area contributed by atoms with Gasteiger partial charge in [0.15, 0.2) is 0 Å². The number of likely N-dealkylation sites (tertiary alicyclic amines) is 2. The summed E-state index contributed by atoms with van der Waals surface area (Å²) < 4.78 is 5.67. The third-order valence-corrected chi connectivity index (χ3v) is 6.13. The molecular formula is C20H27N3O2. The monoisotopic (exact) mass is 341 g/mol. The molecule has 0 radical (unpaired) electrons. The third kappa shape index (κ3) is 2.80. The molecule has 3 heterocycles. The SMILES string of the molecule is COc1cc(C)c2[nH]ccc2c1CN1CCC2(CC1)CN(C(C)=O)C2. The topological polar surface area (TPSA) is 48.6 Å². The maximum atomic E-state index is 11.5. The summed E-state index contributed by atoms with van der Waals surface area (Å²) in [5, 5.41) is 1.27. The van der Waals surface area contributed by atoms with E-state index in [-0.39, 0.29) is 5.91 Å². The molecule has 1 amide bonds. The van der Waals surface area contributed by atoms with Crippen LogP contribution in [0.3, 0.4) is 0 Å². The summed E-state index contributed by atoms with van der Waals surface area (Å²) in [5.41, 5.74) is 4.08. The van der Waals surface area contributed by atoms with Gasteiger partial charge in [-0.15, -0.1) is 0 Å². The van der Waals surface area contributed by atoms with Crippen molar-refractivity contribution < 1.29 is 9.53 Å². The highest BCUT2D eigenvalue weighted by Gasteiger charge is 2.45. The van der Waals surface area contributed by atoms with Crippen molar-refractivity contribution in [3.63, 3.8) is 0 Å². The number of nitrogens with one attached hydrogen (secondary N) is 1. The smallest absolute Gasteiger partial charge is 0.219 e. The standard InChI is InChI=1S/C20H27N3O2/c1-14-10-18(25-3)17(16-4-7-21-19(14)16)11-22-8-5-20(6-9-22)12-23(13-20)15(2)24/h4,7,10,21H,5-6,8-9,11-13H2,1-3H3. The molecule has 0 saturated carbocycles. The Labute approximate surface area is 148 Å². The van der Waals surface area contributed by atoms with Crippen molar-refractivity contribution in [1.82, 2.24) is 14.8 Å². The van der Waals surface area contributed by atoms with E-state index in [9.17, 15) is 4.79 Å². The van der Waals surface area contributed by atoms with Crippen LogP contribution in [0.2, 0.25) is 0 Å². The van der Waals surface area contributed by atoms with Crippen molar-refractivity contribution in [2.75, 3.05) is 33.3 Å². The highest BCUT2D eigenvalue weighted by atomic mass is 16.5. The molecule has 1 spiro atoms. The molecule has 0 aliphatic carbocycles. The number of rotatable bonds is 3. The average molecular weight is 341 g/mol. The van der Waals surface area contributed by atoms with Gasteiger partial charge >= 0.3 is 0 Å². The molecule has 2 saturated heterocycles. The van der Waals surface area contributed by atoms with Gasteiger partial charge in [-0.3, -0.25) is 9.69 Å². The normalized spacial score (nSPS) is 20.0. The maximum absolute atomic E-state index is 11.5. The number of hydrogen-bond acceptors (Lipinski definition) is 3. The summed E-state index contributed by atoms with van der Waals surface area (Å²) in [6, 6.07) is 4.29. The number of hydrogen-bond donors (Lipinski definition) is 1. The van der Waals surface area contributed by atoms with Crippen LogP contribution in [-0.4, -0.2) is 54.0 Å². The van der Waals surface area contributed by atoms with Gasteiger partial charge in [0.25, 0.3) is 0 Å². The van der Waals surface area contributed by atoms with Crippen molar-refractivity contribution >= 4 is 16.8 Å². The molecule has 0 unspecified atom stereocenters. The average Bonchev–Trinajstić information content (AvgIpc) is 3.06. The van der Waals surface area contributed by atoms with E-state index < -0.39 is 0 Å². The number of piperidine rings is 1. The molecular weight excluding hydrogens is 314 g/mol. The van der Waals surface area contributed by atoms with Gasteiger partial charge in [-0.25, -0.2) is 0 Å². The highest BCUT2D eigenvalue weighted by Crippen LogP contribution is 2.41. The zero-order valence-electron chi connectivity index (χ0n) is 15.4. The molecule has 1 aromatic heterocycles. The zero-order valence-corrected chi connectivity index (χ0v) is 15.4. The molecule has 2 aliphatic heterocycles. The summed E-state index contributed by atoms with van der Waals surface area (Å²) in [4.78, 5) is 19.3. The van der Waals surface area contributed by atoms with Gasteiger partial charge in [0.1, 0.15) is 5.75 Å². The summed E-state index contributed by atoms with van der Waals surface area (Å²) in [5.74, 6) is 1.20. The van der Waals surface area contributed by atoms with Crippen LogP contribution in [0, 0.1) is 12.3 Å². The van der Waals surface area contributed by atoms with Crippen LogP contribution in [0.15, 0.2) is 18.3 Å². The molecule has 4 rings (SSSR count). The summed E-state index contributed by atoms with van der Waals surface area (Å²) in [6.45, 7) is 8.80. The van der Waals surface area contributed by atoms with Crippen LogP contribution in [0.1, 0.15) is 30.9 Å².